The van der Waals surface area contributed by atoms with Gasteiger partial charge >= 0.3 is 0 Å². The second-order valence-corrected chi connectivity index (χ2v) is 4.90. The third-order valence-corrected chi connectivity index (χ3v) is 3.43. The molecule has 1 aromatic heterocycles. The molecule has 0 bridgehead atoms. The van der Waals surface area contributed by atoms with Crippen molar-refractivity contribution in [2.45, 2.75) is 26.5 Å². The van der Waals surface area contributed by atoms with E-state index in [1.165, 1.54) is 0 Å². The number of hydrogen-bond acceptors (Lipinski definition) is 4. The average molecular weight is 275 g/mol. The first kappa shape index (κ1) is 14.6. The summed E-state index contributed by atoms with van der Waals surface area (Å²) in [4.78, 5) is 0. The maximum atomic E-state index is 10.2. The molecule has 0 amide bonds. The van der Waals surface area contributed by atoms with Crippen LogP contribution >= 0.6 is 0 Å². The molecule has 20 heavy (non-hydrogen) atoms. The van der Waals surface area contributed by atoms with Crippen LogP contribution in [-0.4, -0.2) is 21.5 Å². The summed E-state index contributed by atoms with van der Waals surface area (Å²) in [6.45, 7) is 4.54. The Bertz CT molecular complexity index is 576. The van der Waals surface area contributed by atoms with E-state index in [1.54, 1.807) is 4.68 Å². The Morgan fingerprint density at radius 3 is 2.45 bits per heavy atom. The second-order valence-electron chi connectivity index (χ2n) is 4.90. The normalized spacial score (nSPS) is 12.4. The molecule has 0 spiro atoms. The lowest BCUT2D eigenvalue weighted by Crippen LogP contribution is -2.10. The summed E-state index contributed by atoms with van der Waals surface area (Å²) in [5.41, 5.74) is 9.19. The van der Waals surface area contributed by atoms with Crippen molar-refractivity contribution in [2.75, 3.05) is 6.61 Å². The predicted octanol–water partition coefficient (Wildman–Crippen LogP) is 1.61. The molecule has 3 N–H and O–H groups in total. The maximum absolute atomic E-state index is 10.2. The van der Waals surface area contributed by atoms with Crippen LogP contribution in [0, 0.1) is 13.8 Å². The Morgan fingerprint density at radius 2 is 1.95 bits per heavy atom. The van der Waals surface area contributed by atoms with Gasteiger partial charge in [-0.2, -0.15) is 5.10 Å². The first-order valence-corrected chi connectivity index (χ1v) is 6.63. The molecule has 1 unspecified atom stereocenters. The first-order valence-electron chi connectivity index (χ1n) is 6.63. The lowest BCUT2D eigenvalue weighted by atomic mass is 10.1. The van der Waals surface area contributed by atoms with Gasteiger partial charge in [0.2, 0.25) is 0 Å². The van der Waals surface area contributed by atoms with Crippen LogP contribution in [0.2, 0.25) is 0 Å². The van der Waals surface area contributed by atoms with Gasteiger partial charge in [0.25, 0.3) is 0 Å². The molecule has 0 aliphatic heterocycles. The lowest BCUT2D eigenvalue weighted by Gasteiger charge is -2.13. The van der Waals surface area contributed by atoms with Crippen molar-refractivity contribution in [1.82, 2.24) is 9.78 Å². The van der Waals surface area contributed by atoms with Gasteiger partial charge in [0, 0.05) is 13.6 Å². The molecule has 2 rings (SSSR count). The standard InChI is InChI=1S/C15H21N3O2/c1-10-15(11(2)18(3)17-10)20-9-14(19)13-6-4-12(8-16)5-7-13/h4-7,14,19H,8-9,16H2,1-3H3. The van der Waals surface area contributed by atoms with Crippen LogP contribution in [-0.2, 0) is 13.6 Å². The van der Waals surface area contributed by atoms with Crippen molar-refractivity contribution in [3.05, 3.63) is 46.8 Å². The van der Waals surface area contributed by atoms with Crippen LogP contribution in [0.1, 0.15) is 28.6 Å². The van der Waals surface area contributed by atoms with Gasteiger partial charge in [-0.15, -0.1) is 0 Å². The van der Waals surface area contributed by atoms with E-state index in [4.69, 9.17) is 10.5 Å². The number of ether oxygens (including phenoxy) is 1. The van der Waals surface area contributed by atoms with E-state index >= 15 is 0 Å². The van der Waals surface area contributed by atoms with Crippen molar-refractivity contribution >= 4 is 0 Å². The van der Waals surface area contributed by atoms with Crippen molar-refractivity contribution in [3.8, 4) is 5.75 Å². The van der Waals surface area contributed by atoms with Gasteiger partial charge in [-0.1, -0.05) is 24.3 Å². The van der Waals surface area contributed by atoms with Crippen LogP contribution in [0.5, 0.6) is 5.75 Å². The lowest BCUT2D eigenvalue weighted by molar-refractivity contribution is 0.107. The Labute approximate surface area is 119 Å². The van der Waals surface area contributed by atoms with E-state index in [0.717, 1.165) is 28.3 Å². The summed E-state index contributed by atoms with van der Waals surface area (Å²) in [7, 11) is 1.87. The SMILES string of the molecule is Cc1nn(C)c(C)c1OCC(O)c1ccc(CN)cc1. The monoisotopic (exact) mass is 275 g/mol. The summed E-state index contributed by atoms with van der Waals surface area (Å²) in [5.74, 6) is 0.741. The topological polar surface area (TPSA) is 73.3 Å². The molecule has 1 atom stereocenters. The number of rotatable bonds is 5. The minimum Gasteiger partial charge on any atom is -0.487 e. The average Bonchev–Trinajstić information content (AvgIpc) is 2.70. The van der Waals surface area contributed by atoms with Gasteiger partial charge in [0.05, 0.1) is 5.69 Å². The number of aryl methyl sites for hydroxylation is 2. The van der Waals surface area contributed by atoms with E-state index in [1.807, 2.05) is 45.2 Å². The van der Waals surface area contributed by atoms with Crippen LogP contribution in [0.3, 0.4) is 0 Å². The minimum atomic E-state index is -0.666. The molecule has 0 aliphatic carbocycles. The van der Waals surface area contributed by atoms with Gasteiger partial charge in [-0.05, 0) is 25.0 Å². The smallest absolute Gasteiger partial charge is 0.163 e. The number of nitrogens with two attached hydrogens (primary N) is 1. The quantitative estimate of drug-likeness (QED) is 0.869. The molecular weight excluding hydrogens is 254 g/mol. The number of aliphatic hydroxyl groups is 1. The molecule has 5 heteroatoms. The van der Waals surface area contributed by atoms with Crippen molar-refractivity contribution in [1.29, 1.82) is 0 Å². The summed E-state index contributed by atoms with van der Waals surface area (Å²) < 4.78 is 7.47. The highest BCUT2D eigenvalue weighted by atomic mass is 16.5. The molecule has 1 aromatic carbocycles. The van der Waals surface area contributed by atoms with E-state index in [-0.39, 0.29) is 6.61 Å². The molecule has 5 nitrogen and oxygen atoms in total. The largest absolute Gasteiger partial charge is 0.487 e. The minimum absolute atomic E-state index is 0.204. The highest BCUT2D eigenvalue weighted by Crippen LogP contribution is 2.23. The summed E-state index contributed by atoms with van der Waals surface area (Å²) in [6, 6.07) is 7.58. The van der Waals surface area contributed by atoms with Gasteiger partial charge in [0.15, 0.2) is 5.75 Å². The van der Waals surface area contributed by atoms with E-state index in [0.29, 0.717) is 6.54 Å². The number of benzene rings is 1. The summed E-state index contributed by atoms with van der Waals surface area (Å²) in [5, 5.41) is 14.4. The van der Waals surface area contributed by atoms with E-state index in [2.05, 4.69) is 5.10 Å². The fraction of sp³-hybridized carbons (Fsp3) is 0.400. The molecule has 0 aliphatic rings. The first-order chi connectivity index (χ1) is 9.52. The number of hydrogen-bond donors (Lipinski definition) is 2. The molecule has 0 radical (unpaired) electrons. The highest BCUT2D eigenvalue weighted by Gasteiger charge is 2.14. The second kappa shape index (κ2) is 6.07. The van der Waals surface area contributed by atoms with Gasteiger partial charge in [-0.25, -0.2) is 0 Å². The maximum Gasteiger partial charge on any atom is 0.163 e. The number of aliphatic hydroxyl groups excluding tert-OH is 1. The third-order valence-electron chi connectivity index (χ3n) is 3.43. The van der Waals surface area contributed by atoms with Crippen LogP contribution in [0.4, 0.5) is 0 Å². The van der Waals surface area contributed by atoms with Crippen molar-refractivity contribution in [3.63, 3.8) is 0 Å². The number of nitrogens with zero attached hydrogens (tertiary/aromatic N) is 2. The molecule has 2 aromatic rings. The third kappa shape index (κ3) is 3.00. The Morgan fingerprint density at radius 1 is 1.30 bits per heavy atom. The Balaban J connectivity index is 2.02. The van der Waals surface area contributed by atoms with Crippen LogP contribution in [0.15, 0.2) is 24.3 Å². The van der Waals surface area contributed by atoms with E-state index < -0.39 is 6.10 Å². The van der Waals surface area contributed by atoms with Crippen LogP contribution in [0.25, 0.3) is 0 Å². The predicted molar refractivity (Wildman–Crippen MR) is 77.5 cm³/mol. The Hall–Kier alpha value is -1.85. The number of aromatic nitrogens is 2. The van der Waals surface area contributed by atoms with Crippen LogP contribution < -0.4 is 10.5 Å². The molecule has 0 fully saturated rings. The molecule has 1 heterocycles. The van der Waals surface area contributed by atoms with Crippen molar-refractivity contribution in [2.24, 2.45) is 12.8 Å². The molecule has 0 saturated heterocycles. The molecule has 108 valence electrons. The fourth-order valence-electron chi connectivity index (χ4n) is 2.10. The van der Waals surface area contributed by atoms with Crippen molar-refractivity contribution < 1.29 is 9.84 Å². The molecule has 0 saturated carbocycles. The molecular formula is C15H21N3O2. The fourth-order valence-corrected chi connectivity index (χ4v) is 2.10. The highest BCUT2D eigenvalue weighted by molar-refractivity contribution is 5.32. The zero-order chi connectivity index (χ0) is 14.7. The Kier molecular flexibility index (Phi) is 4.42. The zero-order valence-electron chi connectivity index (χ0n) is 12.1. The van der Waals surface area contributed by atoms with Gasteiger partial charge in [-0.3, -0.25) is 4.68 Å². The zero-order valence-corrected chi connectivity index (χ0v) is 12.1. The summed E-state index contributed by atoms with van der Waals surface area (Å²) in [6.07, 6.45) is -0.666. The van der Waals surface area contributed by atoms with Gasteiger partial charge < -0.3 is 15.6 Å². The van der Waals surface area contributed by atoms with E-state index in [9.17, 15) is 5.11 Å². The summed E-state index contributed by atoms with van der Waals surface area (Å²) >= 11 is 0. The van der Waals surface area contributed by atoms with Gasteiger partial charge in [0.1, 0.15) is 18.4 Å².